The summed E-state index contributed by atoms with van der Waals surface area (Å²) in [5.41, 5.74) is 1.31. The lowest BCUT2D eigenvalue weighted by Crippen LogP contribution is -2.41. The third-order valence-corrected chi connectivity index (χ3v) is 3.52. The van der Waals surface area contributed by atoms with Crippen LogP contribution in [-0.2, 0) is 14.4 Å². The Kier molecular flexibility index (Phi) is 9.24. The van der Waals surface area contributed by atoms with Crippen LogP contribution in [0.25, 0.3) is 0 Å². The van der Waals surface area contributed by atoms with Crippen LogP contribution < -0.4 is 16.0 Å². The monoisotopic (exact) mass is 348 g/mol. The van der Waals surface area contributed by atoms with Gasteiger partial charge in [0.25, 0.3) is 0 Å². The molecule has 0 unspecified atom stereocenters. The number of hydrogen-bond donors (Lipinski definition) is 3. The van der Waals surface area contributed by atoms with Crippen molar-refractivity contribution in [1.82, 2.24) is 10.2 Å². The first kappa shape index (κ1) is 20.6. The average molecular weight is 348 g/mol. The summed E-state index contributed by atoms with van der Waals surface area (Å²) in [6, 6.07) is 6.87. The van der Waals surface area contributed by atoms with E-state index in [0.717, 1.165) is 12.8 Å². The van der Waals surface area contributed by atoms with E-state index in [2.05, 4.69) is 22.9 Å². The molecule has 0 atom stereocenters. The van der Waals surface area contributed by atoms with Gasteiger partial charge >= 0.3 is 0 Å². The number of likely N-dealkylation sites (N-methyl/N-ethyl adjacent to an activating group) is 1. The van der Waals surface area contributed by atoms with Crippen molar-refractivity contribution in [2.24, 2.45) is 0 Å². The van der Waals surface area contributed by atoms with E-state index < -0.39 is 0 Å². The van der Waals surface area contributed by atoms with Crippen LogP contribution in [0.1, 0.15) is 33.6 Å². The zero-order valence-electron chi connectivity index (χ0n) is 15.2. The lowest BCUT2D eigenvalue weighted by Gasteiger charge is -2.19. The number of carbonyl (C=O) groups excluding carboxylic acids is 3. The largest absolute Gasteiger partial charge is 0.355 e. The minimum absolute atomic E-state index is 0.0669. The minimum atomic E-state index is -0.185. The Morgan fingerprint density at radius 1 is 0.920 bits per heavy atom. The lowest BCUT2D eigenvalue weighted by molar-refractivity contribution is -0.123. The number of carbonyl (C=O) groups is 3. The molecular weight excluding hydrogens is 320 g/mol. The van der Waals surface area contributed by atoms with Crippen LogP contribution in [-0.4, -0.2) is 48.8 Å². The van der Waals surface area contributed by atoms with Gasteiger partial charge < -0.3 is 16.0 Å². The number of nitrogens with zero attached hydrogens (tertiary/aromatic N) is 1. The second-order valence-electron chi connectivity index (χ2n) is 5.81. The first-order valence-corrected chi connectivity index (χ1v) is 8.61. The third kappa shape index (κ3) is 8.85. The van der Waals surface area contributed by atoms with E-state index in [1.807, 2.05) is 6.92 Å². The Morgan fingerprint density at radius 2 is 1.48 bits per heavy atom. The van der Waals surface area contributed by atoms with E-state index in [4.69, 9.17) is 0 Å². The van der Waals surface area contributed by atoms with Gasteiger partial charge in [0.2, 0.25) is 17.7 Å². The molecule has 25 heavy (non-hydrogen) atoms. The van der Waals surface area contributed by atoms with Crippen molar-refractivity contribution in [3.05, 3.63) is 24.3 Å². The Labute approximate surface area is 149 Å². The summed E-state index contributed by atoms with van der Waals surface area (Å²) >= 11 is 0. The minimum Gasteiger partial charge on any atom is -0.355 e. The molecule has 1 aromatic carbocycles. The molecule has 0 aliphatic heterocycles. The fourth-order valence-electron chi connectivity index (χ4n) is 2.19. The molecule has 0 spiro atoms. The maximum atomic E-state index is 12.1. The van der Waals surface area contributed by atoms with Crippen molar-refractivity contribution in [3.8, 4) is 0 Å². The van der Waals surface area contributed by atoms with Crippen LogP contribution in [0.3, 0.4) is 0 Å². The van der Waals surface area contributed by atoms with Crippen molar-refractivity contribution >= 4 is 29.1 Å². The maximum Gasteiger partial charge on any atom is 0.238 e. The molecule has 0 aromatic heterocycles. The highest BCUT2D eigenvalue weighted by Crippen LogP contribution is 2.13. The molecule has 3 N–H and O–H groups in total. The Balaban J connectivity index is 2.44. The van der Waals surface area contributed by atoms with Gasteiger partial charge in [-0.25, -0.2) is 0 Å². The molecule has 1 aromatic rings. The van der Waals surface area contributed by atoms with E-state index in [9.17, 15) is 14.4 Å². The quantitative estimate of drug-likeness (QED) is 0.563. The van der Waals surface area contributed by atoms with Crippen LogP contribution >= 0.6 is 0 Å². The van der Waals surface area contributed by atoms with Crippen LogP contribution in [0.2, 0.25) is 0 Å². The van der Waals surface area contributed by atoms with E-state index in [1.165, 1.54) is 6.92 Å². The van der Waals surface area contributed by atoms with Crippen molar-refractivity contribution in [2.45, 2.75) is 33.6 Å². The van der Waals surface area contributed by atoms with Crippen LogP contribution in [0, 0.1) is 0 Å². The molecule has 0 saturated heterocycles. The van der Waals surface area contributed by atoms with Gasteiger partial charge in [-0.3, -0.25) is 19.3 Å². The normalized spacial score (nSPS) is 10.4. The summed E-state index contributed by atoms with van der Waals surface area (Å²) < 4.78 is 0. The van der Waals surface area contributed by atoms with Gasteiger partial charge in [-0.15, -0.1) is 0 Å². The topological polar surface area (TPSA) is 90.5 Å². The summed E-state index contributed by atoms with van der Waals surface area (Å²) in [4.78, 5) is 36.7. The molecule has 0 aliphatic rings. The third-order valence-electron chi connectivity index (χ3n) is 3.52. The summed E-state index contributed by atoms with van der Waals surface area (Å²) in [6.07, 6.45) is 1.98. The van der Waals surface area contributed by atoms with Gasteiger partial charge in [-0.05, 0) is 37.2 Å². The fraction of sp³-hybridized carbons (Fsp3) is 0.500. The standard InChI is InChI=1S/C18H28N4O3/c1-4-6-11-19-17(24)12-22(5-2)13-18(25)21-16-9-7-15(8-10-16)20-14(3)23/h7-10H,4-6,11-13H2,1-3H3,(H,19,24)(H,20,23)(H,21,25). The molecule has 0 bridgehead atoms. The lowest BCUT2D eigenvalue weighted by atomic mass is 10.2. The number of unbranched alkanes of at least 4 members (excludes halogenated alkanes) is 1. The van der Waals surface area contributed by atoms with Gasteiger partial charge in [0.1, 0.15) is 0 Å². The molecule has 0 radical (unpaired) electrons. The highest BCUT2D eigenvalue weighted by molar-refractivity contribution is 5.93. The van der Waals surface area contributed by atoms with E-state index in [0.29, 0.717) is 24.5 Å². The Morgan fingerprint density at radius 3 is 2.00 bits per heavy atom. The molecule has 0 heterocycles. The van der Waals surface area contributed by atoms with Gasteiger partial charge in [-0.1, -0.05) is 20.3 Å². The van der Waals surface area contributed by atoms with Crippen molar-refractivity contribution < 1.29 is 14.4 Å². The van der Waals surface area contributed by atoms with Gasteiger partial charge in [0.05, 0.1) is 13.1 Å². The van der Waals surface area contributed by atoms with E-state index >= 15 is 0 Å². The molecule has 7 nitrogen and oxygen atoms in total. The predicted molar refractivity (Wildman–Crippen MR) is 99.4 cm³/mol. The second kappa shape index (κ2) is 11.2. The van der Waals surface area contributed by atoms with Crippen molar-refractivity contribution in [1.29, 1.82) is 0 Å². The zero-order valence-corrected chi connectivity index (χ0v) is 15.2. The SMILES string of the molecule is CCCCNC(=O)CN(CC)CC(=O)Nc1ccc(NC(C)=O)cc1. The van der Waals surface area contributed by atoms with Crippen molar-refractivity contribution in [2.75, 3.05) is 36.8 Å². The smallest absolute Gasteiger partial charge is 0.238 e. The van der Waals surface area contributed by atoms with Crippen LogP contribution in [0.4, 0.5) is 11.4 Å². The summed E-state index contributed by atoms with van der Waals surface area (Å²) in [5.74, 6) is -0.397. The Bertz CT molecular complexity index is 572. The summed E-state index contributed by atoms with van der Waals surface area (Å²) in [5, 5.41) is 8.30. The molecule has 0 aliphatic carbocycles. The number of amides is 3. The maximum absolute atomic E-state index is 12.1. The highest BCUT2D eigenvalue weighted by atomic mass is 16.2. The zero-order chi connectivity index (χ0) is 18.7. The first-order valence-electron chi connectivity index (χ1n) is 8.61. The van der Waals surface area contributed by atoms with Gasteiger partial charge in [0, 0.05) is 24.8 Å². The molecule has 0 saturated carbocycles. The van der Waals surface area contributed by atoms with E-state index in [1.54, 1.807) is 29.2 Å². The molecule has 138 valence electrons. The molecule has 3 amide bonds. The number of hydrogen-bond acceptors (Lipinski definition) is 4. The number of benzene rings is 1. The van der Waals surface area contributed by atoms with Gasteiger partial charge in [0.15, 0.2) is 0 Å². The van der Waals surface area contributed by atoms with Crippen LogP contribution in [0.15, 0.2) is 24.3 Å². The number of anilines is 2. The van der Waals surface area contributed by atoms with Crippen LogP contribution in [0.5, 0.6) is 0 Å². The van der Waals surface area contributed by atoms with Crippen molar-refractivity contribution in [3.63, 3.8) is 0 Å². The molecule has 1 rings (SSSR count). The molecule has 7 heteroatoms. The van der Waals surface area contributed by atoms with Gasteiger partial charge in [-0.2, -0.15) is 0 Å². The summed E-state index contributed by atoms with van der Waals surface area (Å²) in [6.45, 7) is 7.04. The molecular formula is C18H28N4O3. The first-order chi connectivity index (χ1) is 11.9. The second-order valence-corrected chi connectivity index (χ2v) is 5.81. The number of nitrogens with one attached hydrogen (secondary N) is 3. The fourth-order valence-corrected chi connectivity index (χ4v) is 2.19. The average Bonchev–Trinajstić information content (AvgIpc) is 2.55. The predicted octanol–water partition coefficient (Wildman–Crippen LogP) is 1.82. The molecule has 0 fully saturated rings. The summed E-state index contributed by atoms with van der Waals surface area (Å²) in [7, 11) is 0. The van der Waals surface area contributed by atoms with E-state index in [-0.39, 0.29) is 30.8 Å². The number of rotatable bonds is 10. The highest BCUT2D eigenvalue weighted by Gasteiger charge is 2.13. The Hall–Kier alpha value is -2.41.